The number of carbonyl (C=O) groups is 1. The van der Waals surface area contributed by atoms with Crippen LogP contribution in [0.25, 0.3) is 0 Å². The van der Waals surface area contributed by atoms with E-state index in [0.29, 0.717) is 18.0 Å². The Balaban J connectivity index is 2.29. The van der Waals surface area contributed by atoms with Gasteiger partial charge in [-0.3, -0.25) is 4.79 Å². The van der Waals surface area contributed by atoms with Crippen LogP contribution < -0.4 is 10.6 Å². The molecule has 0 amide bonds. The molecule has 3 N–H and O–H groups in total. The van der Waals surface area contributed by atoms with Gasteiger partial charge >= 0.3 is 5.97 Å². The Bertz CT molecular complexity index is 478. The number of carboxylic acids is 1. The molecular formula is C13H17ClN2O2. The summed E-state index contributed by atoms with van der Waals surface area (Å²) in [6, 6.07) is 5.66. The Morgan fingerprint density at radius 1 is 1.56 bits per heavy atom. The monoisotopic (exact) mass is 268 g/mol. The van der Waals surface area contributed by atoms with Crippen molar-refractivity contribution in [1.29, 1.82) is 0 Å². The molecule has 1 aromatic carbocycles. The van der Waals surface area contributed by atoms with Crippen LogP contribution in [0.4, 0.5) is 5.69 Å². The summed E-state index contributed by atoms with van der Waals surface area (Å²) in [5, 5.41) is 9.90. The molecule has 0 spiro atoms. The van der Waals surface area contributed by atoms with Gasteiger partial charge in [0.05, 0.1) is 0 Å². The fraction of sp³-hybridized carbons (Fsp3) is 0.462. The lowest BCUT2D eigenvalue weighted by molar-refractivity contribution is -0.143. The van der Waals surface area contributed by atoms with E-state index in [1.54, 1.807) is 0 Å². The molecule has 2 rings (SSSR count). The highest BCUT2D eigenvalue weighted by molar-refractivity contribution is 6.31. The fourth-order valence-corrected chi connectivity index (χ4v) is 2.57. The maximum atomic E-state index is 11.2. The van der Waals surface area contributed by atoms with Crippen molar-refractivity contribution in [2.75, 3.05) is 18.0 Å². The van der Waals surface area contributed by atoms with Gasteiger partial charge in [0, 0.05) is 23.8 Å². The number of nitrogens with two attached hydrogens (primary N) is 1. The lowest BCUT2D eigenvalue weighted by Crippen LogP contribution is -2.59. The second kappa shape index (κ2) is 4.78. The van der Waals surface area contributed by atoms with Crippen LogP contribution in [0.5, 0.6) is 0 Å². The molecule has 0 aromatic heterocycles. The van der Waals surface area contributed by atoms with Crippen molar-refractivity contribution in [3.8, 4) is 0 Å². The first-order chi connectivity index (χ1) is 8.44. The third-order valence-corrected chi connectivity index (χ3v) is 3.94. The smallest absolute Gasteiger partial charge is 0.325 e. The van der Waals surface area contributed by atoms with E-state index in [1.165, 1.54) is 0 Å². The van der Waals surface area contributed by atoms with E-state index in [2.05, 4.69) is 0 Å². The molecule has 98 valence electrons. The Labute approximate surface area is 111 Å². The van der Waals surface area contributed by atoms with Crippen LogP contribution >= 0.6 is 11.6 Å². The Morgan fingerprint density at radius 3 is 2.94 bits per heavy atom. The Morgan fingerprint density at radius 2 is 2.28 bits per heavy atom. The first-order valence-corrected chi connectivity index (χ1v) is 6.34. The molecule has 1 aromatic rings. The normalized spacial score (nSPS) is 24.1. The van der Waals surface area contributed by atoms with E-state index >= 15 is 0 Å². The van der Waals surface area contributed by atoms with E-state index in [-0.39, 0.29) is 0 Å². The Kier molecular flexibility index (Phi) is 3.50. The zero-order valence-electron chi connectivity index (χ0n) is 10.3. The molecule has 1 saturated heterocycles. The van der Waals surface area contributed by atoms with E-state index in [0.717, 1.165) is 24.2 Å². The van der Waals surface area contributed by atoms with E-state index in [4.69, 9.17) is 17.3 Å². The second-order valence-corrected chi connectivity index (χ2v) is 5.28. The largest absolute Gasteiger partial charge is 0.480 e. The minimum Gasteiger partial charge on any atom is -0.480 e. The van der Waals surface area contributed by atoms with E-state index in [9.17, 15) is 9.90 Å². The summed E-state index contributed by atoms with van der Waals surface area (Å²) in [7, 11) is 0. The van der Waals surface area contributed by atoms with Crippen LogP contribution in [0.15, 0.2) is 18.2 Å². The van der Waals surface area contributed by atoms with E-state index in [1.807, 2.05) is 30.0 Å². The SMILES string of the molecule is Cc1c(Cl)cccc1N1CCCC(N)(C(=O)O)C1. The fourth-order valence-electron chi connectivity index (χ4n) is 2.40. The molecule has 1 aliphatic heterocycles. The van der Waals surface area contributed by atoms with Crippen molar-refractivity contribution in [3.05, 3.63) is 28.8 Å². The number of halogens is 1. The standard InChI is InChI=1S/C13H17ClN2O2/c1-9-10(14)4-2-5-11(9)16-7-3-6-13(15,8-16)12(17)18/h2,4-5H,3,6-8,15H2,1H3,(H,17,18). The maximum Gasteiger partial charge on any atom is 0.325 e. The summed E-state index contributed by atoms with van der Waals surface area (Å²) >= 11 is 6.09. The summed E-state index contributed by atoms with van der Waals surface area (Å²) in [5.74, 6) is -0.938. The molecule has 0 bridgehead atoms. The van der Waals surface area contributed by atoms with Gasteiger partial charge < -0.3 is 15.7 Å². The zero-order chi connectivity index (χ0) is 13.3. The summed E-state index contributed by atoms with van der Waals surface area (Å²) in [5.41, 5.74) is 6.72. The number of piperidine rings is 1. The molecule has 1 fully saturated rings. The zero-order valence-corrected chi connectivity index (χ0v) is 11.1. The number of anilines is 1. The van der Waals surface area contributed by atoms with Gasteiger partial charge in [0.15, 0.2) is 0 Å². The van der Waals surface area contributed by atoms with Gasteiger partial charge in [-0.2, -0.15) is 0 Å². The molecule has 1 unspecified atom stereocenters. The van der Waals surface area contributed by atoms with Crippen molar-refractivity contribution >= 4 is 23.3 Å². The molecule has 1 aliphatic rings. The molecule has 0 saturated carbocycles. The summed E-state index contributed by atoms with van der Waals surface area (Å²) < 4.78 is 0. The van der Waals surface area contributed by atoms with Gasteiger partial charge in [-0.25, -0.2) is 0 Å². The molecule has 1 heterocycles. The molecule has 1 atom stereocenters. The van der Waals surface area contributed by atoms with Gasteiger partial charge in [-0.15, -0.1) is 0 Å². The number of hydrogen-bond acceptors (Lipinski definition) is 3. The van der Waals surface area contributed by atoms with Crippen molar-refractivity contribution in [1.82, 2.24) is 0 Å². The molecule has 4 nitrogen and oxygen atoms in total. The van der Waals surface area contributed by atoms with Crippen molar-refractivity contribution in [3.63, 3.8) is 0 Å². The predicted octanol–water partition coefficient (Wildman–Crippen LogP) is 2.03. The molecule has 0 radical (unpaired) electrons. The van der Waals surface area contributed by atoms with Gasteiger partial charge in [0.2, 0.25) is 0 Å². The molecule has 5 heteroatoms. The average Bonchev–Trinajstić information content (AvgIpc) is 2.32. The van der Waals surface area contributed by atoms with Gasteiger partial charge in [-0.05, 0) is 37.5 Å². The summed E-state index contributed by atoms with van der Waals surface area (Å²) in [4.78, 5) is 13.2. The van der Waals surface area contributed by atoms with Crippen molar-refractivity contribution in [2.24, 2.45) is 5.73 Å². The number of benzene rings is 1. The number of aliphatic carboxylic acids is 1. The second-order valence-electron chi connectivity index (χ2n) is 4.87. The first-order valence-electron chi connectivity index (χ1n) is 5.96. The highest BCUT2D eigenvalue weighted by Crippen LogP contribution is 2.30. The maximum absolute atomic E-state index is 11.2. The van der Waals surface area contributed by atoms with Crippen LogP contribution in [0.3, 0.4) is 0 Å². The molecule has 18 heavy (non-hydrogen) atoms. The van der Waals surface area contributed by atoms with Gasteiger partial charge in [0.25, 0.3) is 0 Å². The highest BCUT2D eigenvalue weighted by Gasteiger charge is 2.39. The van der Waals surface area contributed by atoms with Gasteiger partial charge in [-0.1, -0.05) is 17.7 Å². The third-order valence-electron chi connectivity index (χ3n) is 3.53. The van der Waals surface area contributed by atoms with Crippen LogP contribution in [0.2, 0.25) is 5.02 Å². The first kappa shape index (κ1) is 13.2. The topological polar surface area (TPSA) is 66.6 Å². The average molecular weight is 269 g/mol. The molecule has 0 aliphatic carbocycles. The van der Waals surface area contributed by atoms with Crippen LogP contribution in [-0.2, 0) is 4.79 Å². The predicted molar refractivity (Wildman–Crippen MR) is 72.2 cm³/mol. The van der Waals surface area contributed by atoms with E-state index < -0.39 is 11.5 Å². The summed E-state index contributed by atoms with van der Waals surface area (Å²) in [6.45, 7) is 3.07. The Hall–Kier alpha value is -1.26. The van der Waals surface area contributed by atoms with Crippen molar-refractivity contribution < 1.29 is 9.90 Å². The lowest BCUT2D eigenvalue weighted by atomic mass is 9.89. The lowest BCUT2D eigenvalue weighted by Gasteiger charge is -2.39. The van der Waals surface area contributed by atoms with Crippen LogP contribution in [0, 0.1) is 6.92 Å². The number of hydrogen-bond donors (Lipinski definition) is 2. The van der Waals surface area contributed by atoms with Crippen LogP contribution in [0.1, 0.15) is 18.4 Å². The molecular weight excluding hydrogens is 252 g/mol. The minimum absolute atomic E-state index is 0.323. The van der Waals surface area contributed by atoms with Crippen LogP contribution in [-0.4, -0.2) is 29.7 Å². The van der Waals surface area contributed by atoms with Gasteiger partial charge in [0.1, 0.15) is 5.54 Å². The highest BCUT2D eigenvalue weighted by atomic mass is 35.5. The minimum atomic E-state index is -1.16. The quantitative estimate of drug-likeness (QED) is 0.861. The third kappa shape index (κ3) is 2.31. The van der Waals surface area contributed by atoms with Crippen molar-refractivity contribution in [2.45, 2.75) is 25.3 Å². The number of carboxylic acid groups (broad SMARTS) is 1. The number of rotatable bonds is 2. The summed E-state index contributed by atoms with van der Waals surface area (Å²) in [6.07, 6.45) is 1.28. The number of nitrogens with zero attached hydrogens (tertiary/aromatic N) is 1.